The highest BCUT2D eigenvalue weighted by atomic mass is 16.2. The Bertz CT molecular complexity index is 1450. The lowest BCUT2D eigenvalue weighted by atomic mass is 9.82. The zero-order valence-electron chi connectivity index (χ0n) is 19.6. The highest BCUT2D eigenvalue weighted by Gasteiger charge is 2.44. The van der Waals surface area contributed by atoms with Crippen LogP contribution in [-0.4, -0.2) is 30.4 Å². The molecule has 0 fully saturated rings. The maximum atomic E-state index is 13.6. The Kier molecular flexibility index (Phi) is 7.03. The summed E-state index contributed by atoms with van der Waals surface area (Å²) in [6.45, 7) is -0.358. The molecule has 0 aliphatic heterocycles. The zero-order valence-corrected chi connectivity index (χ0v) is 19.6. The second-order valence-electron chi connectivity index (χ2n) is 8.47. The summed E-state index contributed by atoms with van der Waals surface area (Å²) in [7, 11) is 0. The predicted molar refractivity (Wildman–Crippen MR) is 141 cm³/mol. The van der Waals surface area contributed by atoms with E-state index in [9.17, 15) is 14.4 Å². The number of aldehydes is 1. The molecule has 0 saturated heterocycles. The fourth-order valence-corrected chi connectivity index (χ4v) is 4.41. The van der Waals surface area contributed by atoms with Gasteiger partial charge in [0.1, 0.15) is 11.4 Å². The van der Waals surface area contributed by atoms with E-state index in [0.29, 0.717) is 23.1 Å². The molecule has 0 unspecified atom stereocenters. The van der Waals surface area contributed by atoms with Crippen LogP contribution in [0.2, 0.25) is 0 Å². The summed E-state index contributed by atoms with van der Waals surface area (Å²) in [5.41, 5.74) is 11.4. The number of hydrogen-bond donors (Lipinski definition) is 3. The number of fused-ring (bicyclic) bond motifs is 1. The van der Waals surface area contributed by atoms with Gasteiger partial charge >= 0.3 is 0 Å². The van der Waals surface area contributed by atoms with Crippen LogP contribution in [0.1, 0.15) is 27.9 Å². The summed E-state index contributed by atoms with van der Waals surface area (Å²) in [4.78, 5) is 41.3. The van der Waals surface area contributed by atoms with Gasteiger partial charge in [-0.2, -0.15) is 0 Å². The number of carbonyl (C=O) groups is 3. The van der Waals surface area contributed by atoms with Crippen molar-refractivity contribution < 1.29 is 14.4 Å². The van der Waals surface area contributed by atoms with Gasteiger partial charge in [-0.3, -0.25) is 19.9 Å². The molecule has 1 atom stereocenters. The van der Waals surface area contributed by atoms with Gasteiger partial charge in [0.25, 0.3) is 0 Å². The van der Waals surface area contributed by atoms with Crippen molar-refractivity contribution in [3.63, 3.8) is 0 Å². The molecule has 0 aliphatic rings. The molecule has 7 heteroatoms. The summed E-state index contributed by atoms with van der Waals surface area (Å²) in [6.07, 6.45) is 0.304. The Morgan fingerprint density at radius 3 is 2.17 bits per heavy atom. The van der Waals surface area contributed by atoms with E-state index >= 15 is 0 Å². The fourth-order valence-electron chi connectivity index (χ4n) is 4.41. The van der Waals surface area contributed by atoms with E-state index < -0.39 is 11.4 Å². The van der Waals surface area contributed by atoms with Crippen LogP contribution in [-0.2, 0) is 15.1 Å². The molecule has 4 aromatic carbocycles. The molecule has 5 N–H and O–H groups in total. The quantitative estimate of drug-likeness (QED) is 0.146. The molecule has 0 spiro atoms. The minimum absolute atomic E-state index is 0.176. The number of nitrogens with one attached hydrogen (secondary N) is 1. The predicted octanol–water partition coefficient (Wildman–Crippen LogP) is 3.78. The minimum atomic E-state index is -1.66. The number of benzene rings is 4. The van der Waals surface area contributed by atoms with E-state index in [1.807, 2.05) is 36.4 Å². The smallest absolute Gasteiger partial charge is 0.241 e. The molecule has 0 aliphatic carbocycles. The third-order valence-corrected chi connectivity index (χ3v) is 6.21. The maximum absolute atomic E-state index is 13.6. The first-order chi connectivity index (χ1) is 17.4. The van der Waals surface area contributed by atoms with Gasteiger partial charge in [-0.1, -0.05) is 78.9 Å². The largest absolute Gasteiger partial charge is 0.384 e. The first-order valence-corrected chi connectivity index (χ1v) is 11.4. The van der Waals surface area contributed by atoms with Gasteiger partial charge < -0.3 is 16.3 Å². The molecule has 0 saturated carbocycles. The lowest BCUT2D eigenvalue weighted by Gasteiger charge is -2.40. The number of rotatable bonds is 9. The molecular formula is C29H26N4O3. The number of nitrogens with two attached hydrogens (primary N) is 2. The average Bonchev–Trinajstić information content (AvgIpc) is 2.92. The van der Waals surface area contributed by atoms with E-state index in [2.05, 4.69) is 0 Å². The first kappa shape index (κ1) is 24.5. The molecule has 1 amide bonds. The van der Waals surface area contributed by atoms with E-state index in [-0.39, 0.29) is 30.1 Å². The number of hydrogen-bond acceptors (Lipinski definition) is 5. The normalized spacial score (nSPS) is 12.5. The summed E-state index contributed by atoms with van der Waals surface area (Å²) in [5.74, 6) is -1.07. The summed E-state index contributed by atoms with van der Waals surface area (Å²) in [6, 6.07) is 28.2. The number of nitrogens with zero attached hydrogens (tertiary/aromatic N) is 1. The molecule has 4 aromatic rings. The Morgan fingerprint density at radius 1 is 0.833 bits per heavy atom. The third kappa shape index (κ3) is 4.64. The van der Waals surface area contributed by atoms with Crippen molar-refractivity contribution >= 4 is 40.3 Å². The van der Waals surface area contributed by atoms with Crippen LogP contribution < -0.4 is 16.4 Å². The lowest BCUT2D eigenvalue weighted by molar-refractivity contribution is -0.122. The SMILES string of the molecule is N=C(N)c1cccc(C(=O)C[C@](C=O)(c2ccccc2)N(C(=O)CN)c2ccc3ccccc3c2)c1. The molecule has 0 heterocycles. The van der Waals surface area contributed by atoms with Gasteiger partial charge in [-0.05, 0) is 34.5 Å². The topological polar surface area (TPSA) is 130 Å². The van der Waals surface area contributed by atoms with Gasteiger partial charge in [0, 0.05) is 23.2 Å². The van der Waals surface area contributed by atoms with Gasteiger partial charge in [0.05, 0.1) is 6.54 Å². The summed E-state index contributed by atoms with van der Waals surface area (Å²) >= 11 is 0. The van der Waals surface area contributed by atoms with Gasteiger partial charge in [-0.25, -0.2) is 0 Å². The lowest BCUT2D eigenvalue weighted by Crippen LogP contribution is -2.54. The van der Waals surface area contributed by atoms with E-state index in [1.165, 1.54) is 11.0 Å². The van der Waals surface area contributed by atoms with Crippen LogP contribution in [0.5, 0.6) is 0 Å². The van der Waals surface area contributed by atoms with Crippen LogP contribution in [0.25, 0.3) is 10.8 Å². The van der Waals surface area contributed by atoms with Gasteiger partial charge in [-0.15, -0.1) is 0 Å². The summed E-state index contributed by atoms with van der Waals surface area (Å²) < 4.78 is 0. The van der Waals surface area contributed by atoms with Crippen LogP contribution in [0.4, 0.5) is 5.69 Å². The van der Waals surface area contributed by atoms with E-state index in [1.54, 1.807) is 54.6 Å². The molecule has 0 aromatic heterocycles. The Morgan fingerprint density at radius 2 is 1.50 bits per heavy atom. The van der Waals surface area contributed by atoms with E-state index in [0.717, 1.165) is 10.8 Å². The number of ketones is 1. The number of nitrogen functional groups attached to an aromatic ring is 1. The van der Waals surface area contributed by atoms with Crippen LogP contribution in [0.3, 0.4) is 0 Å². The molecule has 7 nitrogen and oxygen atoms in total. The van der Waals surface area contributed by atoms with Crippen molar-refractivity contribution in [3.05, 3.63) is 114 Å². The monoisotopic (exact) mass is 478 g/mol. The molecule has 36 heavy (non-hydrogen) atoms. The number of amidine groups is 1. The molecule has 0 bridgehead atoms. The zero-order chi connectivity index (χ0) is 25.7. The second kappa shape index (κ2) is 10.3. The fraction of sp³-hybridized carbons (Fsp3) is 0.103. The van der Waals surface area contributed by atoms with Crippen LogP contribution in [0, 0.1) is 5.41 Å². The second-order valence-corrected chi connectivity index (χ2v) is 8.47. The Hall–Kier alpha value is -4.62. The number of amides is 1. The van der Waals surface area contributed by atoms with Crippen molar-refractivity contribution in [2.75, 3.05) is 11.4 Å². The van der Waals surface area contributed by atoms with E-state index in [4.69, 9.17) is 16.9 Å². The van der Waals surface area contributed by atoms with Crippen molar-refractivity contribution in [1.82, 2.24) is 0 Å². The van der Waals surface area contributed by atoms with Crippen molar-refractivity contribution in [3.8, 4) is 0 Å². The minimum Gasteiger partial charge on any atom is -0.384 e. The Labute approximate surface area is 208 Å². The Balaban J connectivity index is 1.90. The first-order valence-electron chi connectivity index (χ1n) is 11.4. The molecule has 4 rings (SSSR count). The van der Waals surface area contributed by atoms with Crippen molar-refractivity contribution in [2.24, 2.45) is 11.5 Å². The number of anilines is 1. The summed E-state index contributed by atoms with van der Waals surface area (Å²) in [5, 5.41) is 9.54. The third-order valence-electron chi connectivity index (χ3n) is 6.21. The number of Topliss-reactive ketones (excluding diaryl/α,β-unsaturated/α-hetero) is 1. The standard InChI is InChI=1S/C29H26N4O3/c30-18-27(36)33(25-14-13-20-7-4-5-8-21(20)16-25)29(19-34,24-11-2-1-3-12-24)17-26(35)22-9-6-10-23(15-22)28(31)32/h1-16,19H,17-18,30H2,(H3,31,32)/t29-/m0/s1. The van der Waals surface area contributed by atoms with Crippen molar-refractivity contribution in [1.29, 1.82) is 5.41 Å². The maximum Gasteiger partial charge on any atom is 0.241 e. The van der Waals surface area contributed by atoms with Crippen LogP contribution >= 0.6 is 0 Å². The van der Waals surface area contributed by atoms with Crippen LogP contribution in [0.15, 0.2) is 97.1 Å². The van der Waals surface area contributed by atoms with Gasteiger partial charge in [0.15, 0.2) is 12.1 Å². The van der Waals surface area contributed by atoms with Gasteiger partial charge in [0.2, 0.25) is 5.91 Å². The molecular weight excluding hydrogens is 452 g/mol. The molecule has 180 valence electrons. The highest BCUT2D eigenvalue weighted by molar-refractivity contribution is 6.07. The highest BCUT2D eigenvalue weighted by Crippen LogP contribution is 2.37. The number of carbonyl (C=O) groups excluding carboxylic acids is 3. The molecule has 0 radical (unpaired) electrons. The van der Waals surface area contributed by atoms with Crippen molar-refractivity contribution in [2.45, 2.75) is 12.0 Å². The average molecular weight is 479 g/mol.